The van der Waals surface area contributed by atoms with Gasteiger partial charge in [0.25, 0.3) is 5.91 Å². The lowest BCUT2D eigenvalue weighted by molar-refractivity contribution is -0.113. The molecule has 8 nitrogen and oxygen atoms in total. The number of anilines is 2. The molecule has 0 fully saturated rings. The summed E-state index contributed by atoms with van der Waals surface area (Å²) >= 11 is 1.22. The zero-order valence-corrected chi connectivity index (χ0v) is 15.9. The first kappa shape index (κ1) is 18.8. The summed E-state index contributed by atoms with van der Waals surface area (Å²) in [5, 5.41) is 6.09. The van der Waals surface area contributed by atoms with Crippen molar-refractivity contribution in [2.45, 2.75) is 5.16 Å². The number of hydrogen-bond acceptors (Lipinski definition) is 7. The molecule has 3 aromatic rings. The molecule has 0 atom stereocenters. The normalized spacial score (nSPS) is 11.7. The van der Waals surface area contributed by atoms with Gasteiger partial charge in [-0.25, -0.2) is 9.97 Å². The maximum Gasteiger partial charge on any atom is 0.257 e. The topological polar surface area (TPSA) is 102 Å². The monoisotopic (exact) mass is 408 g/mol. The van der Waals surface area contributed by atoms with Crippen molar-refractivity contribution in [3.8, 4) is 11.5 Å². The number of rotatable bonds is 6. The Morgan fingerprint density at radius 3 is 2.62 bits per heavy atom. The Morgan fingerprint density at radius 2 is 1.76 bits per heavy atom. The van der Waals surface area contributed by atoms with Crippen molar-refractivity contribution in [3.05, 3.63) is 66.5 Å². The first-order valence-corrected chi connectivity index (χ1v) is 9.67. The molecule has 0 radical (unpaired) electrons. The lowest BCUT2D eigenvalue weighted by Crippen LogP contribution is -2.19. The van der Waals surface area contributed by atoms with E-state index in [1.165, 1.54) is 11.8 Å². The van der Waals surface area contributed by atoms with E-state index < -0.39 is 0 Å². The van der Waals surface area contributed by atoms with Crippen LogP contribution in [0.15, 0.2) is 66.1 Å². The summed E-state index contributed by atoms with van der Waals surface area (Å²) < 4.78 is 10.6. The van der Waals surface area contributed by atoms with Gasteiger partial charge in [-0.1, -0.05) is 23.9 Å². The van der Waals surface area contributed by atoms with E-state index in [-0.39, 0.29) is 24.4 Å². The molecule has 0 bridgehead atoms. The molecule has 2 aromatic carbocycles. The van der Waals surface area contributed by atoms with Crippen LogP contribution in [0, 0.1) is 0 Å². The lowest BCUT2D eigenvalue weighted by Gasteiger charge is -2.11. The molecule has 0 saturated heterocycles. The highest BCUT2D eigenvalue weighted by Crippen LogP contribution is 2.34. The third-order valence-corrected chi connectivity index (χ3v) is 4.83. The zero-order chi connectivity index (χ0) is 20.1. The van der Waals surface area contributed by atoms with Crippen molar-refractivity contribution in [1.82, 2.24) is 9.97 Å². The smallest absolute Gasteiger partial charge is 0.257 e. The Balaban J connectivity index is 1.42. The van der Waals surface area contributed by atoms with Crippen LogP contribution in [-0.4, -0.2) is 34.3 Å². The van der Waals surface area contributed by atoms with E-state index in [1.54, 1.807) is 60.9 Å². The second-order valence-electron chi connectivity index (χ2n) is 5.94. The summed E-state index contributed by atoms with van der Waals surface area (Å²) in [4.78, 5) is 33.2. The van der Waals surface area contributed by atoms with Crippen molar-refractivity contribution in [1.29, 1.82) is 0 Å². The standard InChI is InChI=1S/C20H16N4O4S/c25-18(11-29-20-21-8-3-9-22-20)24-15-5-2-1-4-14(15)19(26)23-13-6-7-16-17(10-13)28-12-27-16/h1-10H,11-12H2,(H,23,26)(H,24,25). The summed E-state index contributed by atoms with van der Waals surface area (Å²) in [5.74, 6) is 0.729. The van der Waals surface area contributed by atoms with E-state index in [1.807, 2.05) is 0 Å². The number of carbonyl (C=O) groups is 2. The third kappa shape index (κ3) is 4.64. The van der Waals surface area contributed by atoms with Crippen LogP contribution in [-0.2, 0) is 4.79 Å². The van der Waals surface area contributed by atoms with Crippen LogP contribution in [0.1, 0.15) is 10.4 Å². The number of fused-ring (bicyclic) bond motifs is 1. The number of benzene rings is 2. The van der Waals surface area contributed by atoms with Gasteiger partial charge < -0.3 is 20.1 Å². The van der Waals surface area contributed by atoms with Crippen molar-refractivity contribution >= 4 is 35.0 Å². The number of amides is 2. The van der Waals surface area contributed by atoms with Crippen molar-refractivity contribution in [3.63, 3.8) is 0 Å². The highest BCUT2D eigenvalue weighted by atomic mass is 32.2. The summed E-state index contributed by atoms with van der Waals surface area (Å²) in [6, 6.07) is 13.7. The van der Waals surface area contributed by atoms with E-state index >= 15 is 0 Å². The Morgan fingerprint density at radius 1 is 0.966 bits per heavy atom. The molecule has 2 heterocycles. The SMILES string of the molecule is O=C(CSc1ncccn1)Nc1ccccc1C(=O)Nc1ccc2c(c1)OCO2. The quantitative estimate of drug-likeness (QED) is 0.477. The number of thioether (sulfide) groups is 1. The predicted molar refractivity (Wildman–Crippen MR) is 108 cm³/mol. The molecule has 2 amide bonds. The first-order chi connectivity index (χ1) is 14.2. The molecule has 1 aliphatic rings. The van der Waals surface area contributed by atoms with Gasteiger partial charge in [0.2, 0.25) is 12.7 Å². The predicted octanol–water partition coefficient (Wildman–Crippen LogP) is 3.19. The second kappa shape index (κ2) is 8.61. The van der Waals surface area contributed by atoms with Crippen LogP contribution in [0.4, 0.5) is 11.4 Å². The van der Waals surface area contributed by atoms with Crippen molar-refractivity contribution in [2.75, 3.05) is 23.2 Å². The second-order valence-corrected chi connectivity index (χ2v) is 6.88. The van der Waals surface area contributed by atoms with Crippen molar-refractivity contribution < 1.29 is 19.1 Å². The lowest BCUT2D eigenvalue weighted by atomic mass is 10.1. The summed E-state index contributed by atoms with van der Waals surface area (Å²) in [7, 11) is 0. The molecule has 1 aliphatic heterocycles. The summed E-state index contributed by atoms with van der Waals surface area (Å²) in [6.45, 7) is 0.160. The van der Waals surface area contributed by atoms with Gasteiger partial charge in [-0.05, 0) is 30.3 Å². The van der Waals surface area contributed by atoms with E-state index in [4.69, 9.17) is 9.47 Å². The molecule has 0 spiro atoms. The maximum absolute atomic E-state index is 12.7. The molecule has 0 unspecified atom stereocenters. The maximum atomic E-state index is 12.7. The van der Waals surface area contributed by atoms with E-state index in [0.29, 0.717) is 33.6 Å². The highest BCUT2D eigenvalue weighted by molar-refractivity contribution is 7.99. The molecule has 0 aliphatic carbocycles. The Labute approximate surface area is 170 Å². The van der Waals surface area contributed by atoms with Gasteiger partial charge in [0, 0.05) is 24.1 Å². The van der Waals surface area contributed by atoms with Crippen LogP contribution in [0.3, 0.4) is 0 Å². The minimum Gasteiger partial charge on any atom is -0.454 e. The van der Waals surface area contributed by atoms with Gasteiger partial charge in [-0.2, -0.15) is 0 Å². The molecule has 2 N–H and O–H groups in total. The summed E-state index contributed by atoms with van der Waals surface area (Å²) in [5.41, 5.74) is 1.34. The highest BCUT2D eigenvalue weighted by Gasteiger charge is 2.17. The number of nitrogens with one attached hydrogen (secondary N) is 2. The van der Waals surface area contributed by atoms with Gasteiger partial charge in [0.05, 0.1) is 17.0 Å². The van der Waals surface area contributed by atoms with Crippen LogP contribution >= 0.6 is 11.8 Å². The average molecular weight is 408 g/mol. The van der Waals surface area contributed by atoms with E-state index in [2.05, 4.69) is 20.6 Å². The molecule has 4 rings (SSSR count). The first-order valence-electron chi connectivity index (χ1n) is 8.69. The van der Waals surface area contributed by atoms with Crippen LogP contribution in [0.2, 0.25) is 0 Å². The molecule has 0 saturated carbocycles. The third-order valence-electron chi connectivity index (χ3n) is 3.95. The number of nitrogens with zero attached hydrogens (tertiary/aromatic N) is 2. The fraction of sp³-hybridized carbons (Fsp3) is 0.100. The van der Waals surface area contributed by atoms with E-state index in [0.717, 1.165) is 0 Å². The number of ether oxygens (including phenoxy) is 2. The Kier molecular flexibility index (Phi) is 5.57. The van der Waals surface area contributed by atoms with E-state index in [9.17, 15) is 9.59 Å². The average Bonchev–Trinajstić information content (AvgIpc) is 3.21. The molecule has 29 heavy (non-hydrogen) atoms. The van der Waals surface area contributed by atoms with Gasteiger partial charge in [0.15, 0.2) is 16.7 Å². The fourth-order valence-electron chi connectivity index (χ4n) is 2.64. The van der Waals surface area contributed by atoms with Gasteiger partial charge in [0.1, 0.15) is 0 Å². The molecular formula is C20H16N4O4S. The van der Waals surface area contributed by atoms with Crippen molar-refractivity contribution in [2.24, 2.45) is 0 Å². The van der Waals surface area contributed by atoms with Gasteiger partial charge in [-0.3, -0.25) is 9.59 Å². The molecule has 146 valence electrons. The number of carbonyl (C=O) groups excluding carboxylic acids is 2. The number of hydrogen-bond donors (Lipinski definition) is 2. The minimum atomic E-state index is -0.348. The Bertz CT molecular complexity index is 1050. The number of para-hydroxylation sites is 1. The zero-order valence-electron chi connectivity index (χ0n) is 15.1. The molecule has 9 heteroatoms. The van der Waals surface area contributed by atoms with Crippen LogP contribution in [0.25, 0.3) is 0 Å². The summed E-state index contributed by atoms with van der Waals surface area (Å²) in [6.07, 6.45) is 3.23. The van der Waals surface area contributed by atoms with Gasteiger partial charge >= 0.3 is 0 Å². The largest absolute Gasteiger partial charge is 0.454 e. The number of aromatic nitrogens is 2. The van der Waals surface area contributed by atoms with Gasteiger partial charge in [-0.15, -0.1) is 0 Å². The molecular weight excluding hydrogens is 392 g/mol. The molecule has 1 aromatic heterocycles. The Hall–Kier alpha value is -3.59. The minimum absolute atomic E-state index is 0.127. The fourth-order valence-corrected chi connectivity index (χ4v) is 3.24. The van der Waals surface area contributed by atoms with Crippen LogP contribution in [0.5, 0.6) is 11.5 Å². The van der Waals surface area contributed by atoms with Crippen LogP contribution < -0.4 is 20.1 Å².